The number of nitrogens with one attached hydrogen (secondary N) is 1. The van der Waals surface area contributed by atoms with Crippen molar-refractivity contribution in [1.82, 2.24) is 10.2 Å². The van der Waals surface area contributed by atoms with E-state index in [0.29, 0.717) is 21.7 Å². The summed E-state index contributed by atoms with van der Waals surface area (Å²) in [7, 11) is 0. The normalized spacial score (nSPS) is 13.8. The second-order valence-electron chi connectivity index (χ2n) is 4.48. The predicted molar refractivity (Wildman–Crippen MR) is 83.0 cm³/mol. The monoisotopic (exact) mass is 328 g/mol. The molecule has 0 spiro atoms. The van der Waals surface area contributed by atoms with Gasteiger partial charge in [-0.2, -0.15) is 0 Å². The van der Waals surface area contributed by atoms with E-state index in [1.54, 1.807) is 18.2 Å². The maximum absolute atomic E-state index is 6.22. The van der Waals surface area contributed by atoms with Gasteiger partial charge in [-0.05, 0) is 23.8 Å². The Labute approximate surface area is 131 Å². The Morgan fingerprint density at radius 2 is 2.00 bits per heavy atom. The van der Waals surface area contributed by atoms with Gasteiger partial charge in [0, 0.05) is 35.7 Å². The number of hydrogen-bond acceptors (Lipinski definition) is 4. The highest BCUT2D eigenvalue weighted by Gasteiger charge is 2.19. The zero-order valence-electron chi connectivity index (χ0n) is 10.4. The highest BCUT2D eigenvalue weighted by Crippen LogP contribution is 2.31. The van der Waals surface area contributed by atoms with Gasteiger partial charge in [-0.25, -0.2) is 0 Å². The molecule has 20 heavy (non-hydrogen) atoms. The maximum atomic E-state index is 6.22. The van der Waals surface area contributed by atoms with E-state index >= 15 is 0 Å². The van der Waals surface area contributed by atoms with E-state index in [-0.39, 0.29) is 0 Å². The molecule has 1 aromatic carbocycles. The molecule has 1 N–H and O–H groups in total. The number of fused-ring (bicyclic) bond motifs is 1. The molecule has 104 valence electrons. The van der Waals surface area contributed by atoms with Gasteiger partial charge in [-0.15, -0.1) is 10.2 Å². The predicted octanol–water partition coefficient (Wildman–Crippen LogP) is 3.87. The number of halogens is 3. The number of rotatable bonds is 2. The Bertz CT molecular complexity index is 648. The largest absolute Gasteiger partial charge is 0.365 e. The molecule has 1 aliphatic heterocycles. The van der Waals surface area contributed by atoms with Gasteiger partial charge in [-0.1, -0.05) is 34.8 Å². The molecule has 0 radical (unpaired) electrons. The minimum atomic E-state index is 0.370. The Morgan fingerprint density at radius 1 is 1.15 bits per heavy atom. The van der Waals surface area contributed by atoms with Crippen molar-refractivity contribution in [3.05, 3.63) is 45.0 Å². The van der Waals surface area contributed by atoms with Crippen LogP contribution in [0.1, 0.15) is 5.56 Å². The van der Waals surface area contributed by atoms with Crippen LogP contribution in [-0.4, -0.2) is 23.3 Å². The minimum Gasteiger partial charge on any atom is -0.365 e. The van der Waals surface area contributed by atoms with Gasteiger partial charge in [-0.3, -0.25) is 0 Å². The van der Waals surface area contributed by atoms with Gasteiger partial charge < -0.3 is 10.2 Å². The molecule has 2 heterocycles. The summed E-state index contributed by atoms with van der Waals surface area (Å²) in [6.07, 6.45) is 0. The first kappa shape index (κ1) is 13.7. The van der Waals surface area contributed by atoms with Crippen LogP contribution in [0.2, 0.25) is 15.2 Å². The summed E-state index contributed by atoms with van der Waals surface area (Å²) in [4.78, 5) is 2.16. The molecule has 0 atom stereocenters. The van der Waals surface area contributed by atoms with Gasteiger partial charge in [0.1, 0.15) is 0 Å². The zero-order valence-corrected chi connectivity index (χ0v) is 12.7. The van der Waals surface area contributed by atoms with Crippen molar-refractivity contribution >= 4 is 46.3 Å². The number of anilines is 2. The lowest BCUT2D eigenvalue weighted by Gasteiger charge is -2.31. The number of aromatic nitrogens is 2. The van der Waals surface area contributed by atoms with Crippen LogP contribution < -0.4 is 10.2 Å². The van der Waals surface area contributed by atoms with Gasteiger partial charge in [0.05, 0.1) is 5.69 Å². The summed E-state index contributed by atoms with van der Waals surface area (Å²) in [5, 5.41) is 12.8. The van der Waals surface area contributed by atoms with Crippen LogP contribution in [0.25, 0.3) is 0 Å². The lowest BCUT2D eigenvalue weighted by atomic mass is 10.2. The molecule has 0 bridgehead atoms. The Hall–Kier alpha value is -1.23. The summed E-state index contributed by atoms with van der Waals surface area (Å²) >= 11 is 18.2. The molecule has 3 rings (SSSR count). The van der Waals surface area contributed by atoms with Gasteiger partial charge in [0.25, 0.3) is 0 Å². The summed E-state index contributed by atoms with van der Waals surface area (Å²) in [5.41, 5.74) is 1.90. The van der Waals surface area contributed by atoms with Gasteiger partial charge in [0.15, 0.2) is 11.0 Å². The first-order chi connectivity index (χ1) is 9.63. The van der Waals surface area contributed by atoms with Crippen molar-refractivity contribution in [2.45, 2.75) is 6.54 Å². The van der Waals surface area contributed by atoms with Crippen LogP contribution in [0.15, 0.2) is 24.3 Å². The Morgan fingerprint density at radius 3 is 2.85 bits per heavy atom. The third-order valence-electron chi connectivity index (χ3n) is 3.13. The van der Waals surface area contributed by atoms with E-state index in [4.69, 9.17) is 34.8 Å². The summed E-state index contributed by atoms with van der Waals surface area (Å²) in [5.74, 6) is 0.735. The fraction of sp³-hybridized carbons (Fsp3) is 0.231. The molecule has 0 saturated carbocycles. The van der Waals surface area contributed by atoms with Crippen molar-refractivity contribution in [2.24, 2.45) is 0 Å². The van der Waals surface area contributed by atoms with Crippen molar-refractivity contribution < 1.29 is 0 Å². The molecule has 1 aromatic heterocycles. The summed E-state index contributed by atoms with van der Waals surface area (Å²) in [6, 6.07) is 7.26. The average molecular weight is 330 g/mol. The lowest BCUT2D eigenvalue weighted by Crippen LogP contribution is -2.34. The van der Waals surface area contributed by atoms with E-state index in [1.807, 2.05) is 6.07 Å². The Balaban J connectivity index is 1.93. The van der Waals surface area contributed by atoms with Crippen molar-refractivity contribution in [3.8, 4) is 0 Å². The molecule has 0 amide bonds. The number of benzene rings is 1. The van der Waals surface area contributed by atoms with Crippen LogP contribution in [0, 0.1) is 0 Å². The van der Waals surface area contributed by atoms with E-state index in [0.717, 1.165) is 30.2 Å². The third-order valence-corrected chi connectivity index (χ3v) is 3.92. The second-order valence-corrected chi connectivity index (χ2v) is 5.72. The molecule has 4 nitrogen and oxygen atoms in total. The topological polar surface area (TPSA) is 41.0 Å². The maximum Gasteiger partial charge on any atom is 0.172 e. The van der Waals surface area contributed by atoms with E-state index in [1.165, 1.54) is 0 Å². The molecule has 0 unspecified atom stereocenters. The smallest absolute Gasteiger partial charge is 0.172 e. The van der Waals surface area contributed by atoms with E-state index < -0.39 is 0 Å². The molecular weight excluding hydrogens is 319 g/mol. The molecule has 0 aliphatic carbocycles. The quantitative estimate of drug-likeness (QED) is 0.908. The highest BCUT2D eigenvalue weighted by molar-refractivity contribution is 6.33. The van der Waals surface area contributed by atoms with E-state index in [2.05, 4.69) is 20.4 Å². The summed E-state index contributed by atoms with van der Waals surface area (Å²) < 4.78 is 0. The molecule has 0 fully saturated rings. The van der Waals surface area contributed by atoms with Crippen molar-refractivity contribution in [1.29, 1.82) is 0 Å². The standard InChI is InChI=1S/C13H11Cl3N4/c14-9-1-2-10(15)8(5-9)7-20-4-3-17-13-11(20)6-12(16)18-19-13/h1-2,5-6H,3-4,7H2,(H,17,19). The van der Waals surface area contributed by atoms with Crippen LogP contribution in [0.4, 0.5) is 11.5 Å². The average Bonchev–Trinajstić information content (AvgIpc) is 2.43. The fourth-order valence-electron chi connectivity index (χ4n) is 2.19. The second kappa shape index (κ2) is 5.64. The molecule has 0 saturated heterocycles. The lowest BCUT2D eigenvalue weighted by molar-refractivity contribution is 0.772. The van der Waals surface area contributed by atoms with Crippen LogP contribution in [-0.2, 0) is 6.54 Å². The minimum absolute atomic E-state index is 0.370. The highest BCUT2D eigenvalue weighted by atomic mass is 35.5. The SMILES string of the molecule is Clc1ccc(Cl)c(CN2CCNc3nnc(Cl)cc32)c1. The zero-order chi connectivity index (χ0) is 14.1. The number of hydrogen-bond donors (Lipinski definition) is 1. The first-order valence-corrected chi connectivity index (χ1v) is 7.23. The summed E-state index contributed by atoms with van der Waals surface area (Å²) in [6.45, 7) is 2.27. The Kier molecular flexibility index (Phi) is 3.87. The van der Waals surface area contributed by atoms with Crippen LogP contribution >= 0.6 is 34.8 Å². The van der Waals surface area contributed by atoms with Gasteiger partial charge in [0.2, 0.25) is 0 Å². The fourth-order valence-corrected chi connectivity index (χ4v) is 2.70. The molecule has 1 aliphatic rings. The first-order valence-electron chi connectivity index (χ1n) is 6.09. The van der Waals surface area contributed by atoms with Crippen LogP contribution in [0.3, 0.4) is 0 Å². The molecule has 7 heteroatoms. The third kappa shape index (κ3) is 2.77. The van der Waals surface area contributed by atoms with Gasteiger partial charge >= 0.3 is 0 Å². The van der Waals surface area contributed by atoms with Crippen molar-refractivity contribution in [3.63, 3.8) is 0 Å². The van der Waals surface area contributed by atoms with Crippen molar-refractivity contribution in [2.75, 3.05) is 23.3 Å². The van der Waals surface area contributed by atoms with Crippen LogP contribution in [0.5, 0.6) is 0 Å². The molecular formula is C13H11Cl3N4. The molecule has 2 aromatic rings. The number of nitrogens with zero attached hydrogens (tertiary/aromatic N) is 3. The van der Waals surface area contributed by atoms with E-state index in [9.17, 15) is 0 Å².